The van der Waals surface area contributed by atoms with E-state index in [9.17, 15) is 5.11 Å². The zero-order chi connectivity index (χ0) is 17.1. The highest BCUT2D eigenvalue weighted by molar-refractivity contribution is 6.31. The van der Waals surface area contributed by atoms with Gasteiger partial charge in [0.1, 0.15) is 5.82 Å². The minimum Gasteiger partial charge on any atom is -0.395 e. The van der Waals surface area contributed by atoms with Crippen LogP contribution in [0.5, 0.6) is 0 Å². The van der Waals surface area contributed by atoms with Crippen molar-refractivity contribution in [1.82, 2.24) is 24.6 Å². The van der Waals surface area contributed by atoms with Crippen LogP contribution in [0.1, 0.15) is 18.3 Å². The molecular formula is C17H22ClN5O. The first-order valence-electron chi connectivity index (χ1n) is 8.05. The number of halogens is 1. The first kappa shape index (κ1) is 17.0. The molecule has 1 aromatic carbocycles. The van der Waals surface area contributed by atoms with Crippen LogP contribution in [0.4, 0.5) is 0 Å². The number of nitrogens with one attached hydrogen (secondary N) is 1. The van der Waals surface area contributed by atoms with Crippen LogP contribution < -0.4 is 5.32 Å². The third-order valence-corrected chi connectivity index (χ3v) is 4.18. The van der Waals surface area contributed by atoms with E-state index in [2.05, 4.69) is 22.3 Å². The molecule has 0 aliphatic rings. The number of imidazole rings is 1. The average Bonchev–Trinajstić information content (AvgIpc) is 3.09. The number of aliphatic hydroxyl groups excluding tert-OH is 1. The standard InChI is InChI=1S/C17H22ClN5O/c1-12-8-20-22(10-12)11-13(2)19-9-17-21-15-7-14(18)3-4-16(15)23(17)5-6-24/h3-4,7-8,10,13,19,24H,5-6,9,11H2,1-2H3/t13-/m0/s1. The fourth-order valence-corrected chi connectivity index (χ4v) is 2.98. The largest absolute Gasteiger partial charge is 0.395 e. The minimum absolute atomic E-state index is 0.0726. The van der Waals surface area contributed by atoms with Crippen molar-refractivity contribution in [2.45, 2.75) is 39.5 Å². The fourth-order valence-electron chi connectivity index (χ4n) is 2.81. The van der Waals surface area contributed by atoms with Gasteiger partial charge < -0.3 is 15.0 Å². The number of aryl methyl sites for hydroxylation is 1. The summed E-state index contributed by atoms with van der Waals surface area (Å²) in [6.45, 7) is 6.15. The molecule has 0 bridgehead atoms. The summed E-state index contributed by atoms with van der Waals surface area (Å²) in [4.78, 5) is 4.66. The molecule has 0 saturated heterocycles. The van der Waals surface area contributed by atoms with Crippen molar-refractivity contribution in [3.63, 3.8) is 0 Å². The van der Waals surface area contributed by atoms with Gasteiger partial charge in [-0.05, 0) is 37.6 Å². The SMILES string of the molecule is Cc1cnn(C[C@H](C)NCc2nc3cc(Cl)ccc3n2CCO)c1. The summed E-state index contributed by atoms with van der Waals surface area (Å²) in [5.41, 5.74) is 2.99. The third kappa shape index (κ3) is 3.77. The number of hydrogen-bond acceptors (Lipinski definition) is 4. The van der Waals surface area contributed by atoms with E-state index < -0.39 is 0 Å². The predicted octanol–water partition coefficient (Wildman–Crippen LogP) is 2.37. The maximum atomic E-state index is 9.34. The van der Waals surface area contributed by atoms with Gasteiger partial charge in [0.2, 0.25) is 0 Å². The first-order valence-corrected chi connectivity index (χ1v) is 8.42. The van der Waals surface area contributed by atoms with Gasteiger partial charge >= 0.3 is 0 Å². The lowest BCUT2D eigenvalue weighted by atomic mass is 10.3. The lowest BCUT2D eigenvalue weighted by Gasteiger charge is -2.14. The van der Waals surface area contributed by atoms with E-state index in [0.717, 1.165) is 29.0 Å². The molecule has 3 rings (SSSR count). The molecule has 0 fully saturated rings. The summed E-state index contributed by atoms with van der Waals surface area (Å²) in [5.74, 6) is 0.893. The quantitative estimate of drug-likeness (QED) is 0.688. The van der Waals surface area contributed by atoms with Crippen LogP contribution in [0.2, 0.25) is 5.02 Å². The smallest absolute Gasteiger partial charge is 0.123 e. The number of hydrogen-bond donors (Lipinski definition) is 2. The Morgan fingerprint density at radius 3 is 2.92 bits per heavy atom. The van der Waals surface area contributed by atoms with Crippen molar-refractivity contribution < 1.29 is 5.11 Å². The molecule has 0 unspecified atom stereocenters. The predicted molar refractivity (Wildman–Crippen MR) is 95.1 cm³/mol. The number of benzene rings is 1. The Hall–Kier alpha value is -1.89. The Balaban J connectivity index is 1.72. The van der Waals surface area contributed by atoms with Gasteiger partial charge in [0.25, 0.3) is 0 Å². The molecule has 24 heavy (non-hydrogen) atoms. The van der Waals surface area contributed by atoms with Crippen LogP contribution in [0.15, 0.2) is 30.6 Å². The molecule has 7 heteroatoms. The highest BCUT2D eigenvalue weighted by Crippen LogP contribution is 2.20. The van der Waals surface area contributed by atoms with E-state index in [0.29, 0.717) is 18.1 Å². The summed E-state index contributed by atoms with van der Waals surface area (Å²) < 4.78 is 3.97. The average molecular weight is 348 g/mol. The zero-order valence-corrected chi connectivity index (χ0v) is 14.7. The lowest BCUT2D eigenvalue weighted by molar-refractivity contribution is 0.275. The van der Waals surface area contributed by atoms with Crippen LogP contribution >= 0.6 is 11.6 Å². The van der Waals surface area contributed by atoms with E-state index >= 15 is 0 Å². The Morgan fingerprint density at radius 1 is 1.38 bits per heavy atom. The van der Waals surface area contributed by atoms with Crippen molar-refractivity contribution >= 4 is 22.6 Å². The molecule has 128 valence electrons. The second kappa shape index (κ2) is 7.34. The molecular weight excluding hydrogens is 326 g/mol. The van der Waals surface area contributed by atoms with Gasteiger partial charge in [-0.25, -0.2) is 4.98 Å². The third-order valence-electron chi connectivity index (χ3n) is 3.94. The second-order valence-electron chi connectivity index (χ2n) is 6.06. The Kier molecular flexibility index (Phi) is 5.18. The molecule has 0 aliphatic heterocycles. The fraction of sp³-hybridized carbons (Fsp3) is 0.412. The Labute approximate surface area is 146 Å². The first-order chi connectivity index (χ1) is 11.6. The Bertz CT molecular complexity index is 826. The topological polar surface area (TPSA) is 67.9 Å². The number of fused-ring (bicyclic) bond motifs is 1. The van der Waals surface area contributed by atoms with E-state index in [1.807, 2.05) is 46.8 Å². The van der Waals surface area contributed by atoms with E-state index in [-0.39, 0.29) is 12.6 Å². The summed E-state index contributed by atoms with van der Waals surface area (Å²) in [7, 11) is 0. The number of aliphatic hydroxyl groups is 1. The summed E-state index contributed by atoms with van der Waals surface area (Å²) in [6, 6.07) is 5.89. The van der Waals surface area contributed by atoms with Gasteiger partial charge in [-0.3, -0.25) is 4.68 Å². The van der Waals surface area contributed by atoms with Crippen molar-refractivity contribution in [2.75, 3.05) is 6.61 Å². The van der Waals surface area contributed by atoms with E-state index in [4.69, 9.17) is 11.6 Å². The summed E-state index contributed by atoms with van der Waals surface area (Å²) in [5, 5.41) is 17.8. The van der Waals surface area contributed by atoms with Gasteiger partial charge in [-0.1, -0.05) is 11.6 Å². The molecule has 2 aromatic heterocycles. The van der Waals surface area contributed by atoms with Gasteiger partial charge in [0, 0.05) is 23.8 Å². The van der Waals surface area contributed by atoms with Crippen molar-refractivity contribution in [3.05, 3.63) is 47.0 Å². The van der Waals surface area contributed by atoms with Crippen molar-refractivity contribution in [3.8, 4) is 0 Å². The van der Waals surface area contributed by atoms with Gasteiger partial charge in [0.15, 0.2) is 0 Å². The molecule has 3 aromatic rings. The highest BCUT2D eigenvalue weighted by Gasteiger charge is 2.12. The highest BCUT2D eigenvalue weighted by atomic mass is 35.5. The van der Waals surface area contributed by atoms with Gasteiger partial charge in [0.05, 0.1) is 36.9 Å². The zero-order valence-electron chi connectivity index (χ0n) is 13.9. The number of nitrogens with zero attached hydrogens (tertiary/aromatic N) is 4. The van der Waals surface area contributed by atoms with Gasteiger partial charge in [-0.15, -0.1) is 0 Å². The van der Waals surface area contributed by atoms with Crippen LogP contribution in [0.3, 0.4) is 0 Å². The number of aromatic nitrogens is 4. The van der Waals surface area contributed by atoms with Crippen molar-refractivity contribution in [2.24, 2.45) is 0 Å². The monoisotopic (exact) mass is 347 g/mol. The van der Waals surface area contributed by atoms with Crippen LogP contribution in [0.25, 0.3) is 11.0 Å². The molecule has 0 amide bonds. The summed E-state index contributed by atoms with van der Waals surface area (Å²) in [6.07, 6.45) is 3.89. The maximum Gasteiger partial charge on any atom is 0.123 e. The lowest BCUT2D eigenvalue weighted by Crippen LogP contribution is -2.31. The van der Waals surface area contributed by atoms with Gasteiger partial charge in [-0.2, -0.15) is 5.10 Å². The van der Waals surface area contributed by atoms with E-state index in [1.165, 1.54) is 0 Å². The molecule has 2 N–H and O–H groups in total. The maximum absolute atomic E-state index is 9.34. The number of rotatable bonds is 7. The summed E-state index contributed by atoms with van der Waals surface area (Å²) >= 11 is 6.05. The van der Waals surface area contributed by atoms with Crippen LogP contribution in [0, 0.1) is 6.92 Å². The molecule has 6 nitrogen and oxygen atoms in total. The second-order valence-corrected chi connectivity index (χ2v) is 6.49. The molecule has 0 radical (unpaired) electrons. The van der Waals surface area contributed by atoms with Crippen LogP contribution in [-0.4, -0.2) is 37.1 Å². The van der Waals surface area contributed by atoms with Crippen molar-refractivity contribution in [1.29, 1.82) is 0 Å². The molecule has 2 heterocycles. The molecule has 0 saturated carbocycles. The molecule has 1 atom stereocenters. The minimum atomic E-state index is 0.0726. The molecule has 0 aliphatic carbocycles. The van der Waals surface area contributed by atoms with E-state index in [1.54, 1.807) is 0 Å². The van der Waals surface area contributed by atoms with Crippen LogP contribution in [-0.2, 0) is 19.6 Å². The molecule has 0 spiro atoms. The Morgan fingerprint density at radius 2 is 2.21 bits per heavy atom. The normalized spacial score (nSPS) is 12.8.